The zero-order valence-electron chi connectivity index (χ0n) is 11.7. The number of para-hydroxylation sites is 1. The highest BCUT2D eigenvalue weighted by Gasteiger charge is 2.34. The molecule has 0 heterocycles. The zero-order valence-corrected chi connectivity index (χ0v) is 11.7. The number of hydrogen-bond acceptors (Lipinski definition) is 3. The van der Waals surface area contributed by atoms with E-state index in [1.165, 1.54) is 0 Å². The van der Waals surface area contributed by atoms with Crippen LogP contribution in [0.3, 0.4) is 0 Å². The molecule has 108 valence electrons. The molecule has 0 aromatic heterocycles. The van der Waals surface area contributed by atoms with E-state index < -0.39 is 17.8 Å². The minimum absolute atomic E-state index is 0.0902. The first-order chi connectivity index (χ1) is 9.65. The molecule has 0 saturated heterocycles. The van der Waals surface area contributed by atoms with Crippen LogP contribution in [0.25, 0.3) is 0 Å². The van der Waals surface area contributed by atoms with Crippen molar-refractivity contribution in [3.63, 3.8) is 0 Å². The molecule has 1 amide bonds. The molecule has 2 rings (SSSR count). The summed E-state index contributed by atoms with van der Waals surface area (Å²) in [5.74, 6) is -2.28. The highest BCUT2D eigenvalue weighted by Crippen LogP contribution is 2.32. The quantitative estimate of drug-likeness (QED) is 0.837. The number of carbonyl (C=O) groups excluding carboxylic acids is 2. The summed E-state index contributed by atoms with van der Waals surface area (Å²) >= 11 is 0. The van der Waals surface area contributed by atoms with Crippen LogP contribution in [-0.2, 0) is 9.59 Å². The Hall–Kier alpha value is -1.84. The minimum Gasteiger partial charge on any atom is -0.550 e. The SMILES string of the molecule is CCN(C(=O)[C@H]1CCCC[C@@H]1C(=O)[O-])c1ccccc1. The van der Waals surface area contributed by atoms with Crippen LogP contribution in [-0.4, -0.2) is 18.4 Å². The lowest BCUT2D eigenvalue weighted by Crippen LogP contribution is -2.46. The molecule has 0 N–H and O–H groups in total. The molecule has 1 aromatic carbocycles. The predicted octanol–water partition coefficient (Wildman–Crippen LogP) is 1.60. The Morgan fingerprint density at radius 3 is 2.30 bits per heavy atom. The van der Waals surface area contributed by atoms with E-state index in [9.17, 15) is 14.7 Å². The molecular weight excluding hydrogens is 254 g/mol. The van der Waals surface area contributed by atoms with Crippen LogP contribution in [0.2, 0.25) is 0 Å². The Kier molecular flexibility index (Phi) is 4.77. The van der Waals surface area contributed by atoms with Gasteiger partial charge in [-0.05, 0) is 31.9 Å². The van der Waals surface area contributed by atoms with Crippen LogP contribution in [0.4, 0.5) is 5.69 Å². The van der Waals surface area contributed by atoms with Crippen molar-refractivity contribution in [2.24, 2.45) is 11.8 Å². The largest absolute Gasteiger partial charge is 0.550 e. The van der Waals surface area contributed by atoms with Gasteiger partial charge in [-0.15, -0.1) is 0 Å². The van der Waals surface area contributed by atoms with Gasteiger partial charge in [0.2, 0.25) is 5.91 Å². The Morgan fingerprint density at radius 2 is 1.75 bits per heavy atom. The van der Waals surface area contributed by atoms with Gasteiger partial charge in [-0.3, -0.25) is 4.79 Å². The van der Waals surface area contributed by atoms with E-state index in [1.54, 1.807) is 4.90 Å². The normalized spacial score (nSPS) is 22.2. The van der Waals surface area contributed by atoms with Crippen molar-refractivity contribution in [1.29, 1.82) is 0 Å². The van der Waals surface area contributed by atoms with Gasteiger partial charge in [0, 0.05) is 30.0 Å². The molecule has 1 aliphatic rings. The van der Waals surface area contributed by atoms with E-state index in [-0.39, 0.29) is 5.91 Å². The summed E-state index contributed by atoms with van der Waals surface area (Å²) in [6.45, 7) is 2.45. The highest BCUT2D eigenvalue weighted by atomic mass is 16.4. The number of carboxylic acids is 1. The molecule has 2 atom stereocenters. The second-order valence-electron chi connectivity index (χ2n) is 5.23. The van der Waals surface area contributed by atoms with Gasteiger partial charge in [0.1, 0.15) is 0 Å². The van der Waals surface area contributed by atoms with Crippen LogP contribution in [0, 0.1) is 11.8 Å². The first kappa shape index (κ1) is 14.6. The van der Waals surface area contributed by atoms with Crippen molar-refractivity contribution in [2.45, 2.75) is 32.6 Å². The molecule has 0 radical (unpaired) electrons. The van der Waals surface area contributed by atoms with Crippen LogP contribution in [0.15, 0.2) is 30.3 Å². The minimum atomic E-state index is -1.09. The topological polar surface area (TPSA) is 60.4 Å². The number of carboxylic acid groups (broad SMARTS) is 1. The Morgan fingerprint density at radius 1 is 1.15 bits per heavy atom. The van der Waals surface area contributed by atoms with E-state index in [0.29, 0.717) is 19.4 Å². The fraction of sp³-hybridized carbons (Fsp3) is 0.500. The molecule has 1 saturated carbocycles. The molecule has 4 nitrogen and oxygen atoms in total. The summed E-state index contributed by atoms with van der Waals surface area (Å²) in [6.07, 6.45) is 2.96. The number of amides is 1. The number of nitrogens with zero attached hydrogens (tertiary/aromatic N) is 1. The third-order valence-corrected chi connectivity index (χ3v) is 4.04. The first-order valence-corrected chi connectivity index (χ1v) is 7.22. The van der Waals surface area contributed by atoms with Crippen LogP contribution >= 0.6 is 0 Å². The van der Waals surface area contributed by atoms with Crippen LogP contribution < -0.4 is 10.0 Å². The summed E-state index contributed by atoms with van der Waals surface area (Å²) in [5.41, 5.74) is 0.822. The van der Waals surface area contributed by atoms with Crippen molar-refractivity contribution in [1.82, 2.24) is 0 Å². The maximum absolute atomic E-state index is 12.7. The second kappa shape index (κ2) is 6.55. The van der Waals surface area contributed by atoms with Gasteiger partial charge in [-0.25, -0.2) is 0 Å². The lowest BCUT2D eigenvalue weighted by Gasteiger charge is -2.34. The molecule has 0 unspecified atom stereocenters. The molecular formula is C16H20NO3-. The van der Waals surface area contributed by atoms with Crippen molar-refractivity contribution < 1.29 is 14.7 Å². The number of hydrogen-bond donors (Lipinski definition) is 0. The van der Waals surface area contributed by atoms with Gasteiger partial charge in [0.25, 0.3) is 0 Å². The zero-order chi connectivity index (χ0) is 14.5. The molecule has 1 aliphatic carbocycles. The van der Waals surface area contributed by atoms with Gasteiger partial charge < -0.3 is 14.8 Å². The molecule has 0 aliphatic heterocycles. The number of aliphatic carboxylic acids is 1. The van der Waals surface area contributed by atoms with Crippen molar-refractivity contribution >= 4 is 17.6 Å². The van der Waals surface area contributed by atoms with Gasteiger partial charge in [-0.1, -0.05) is 31.0 Å². The summed E-state index contributed by atoms with van der Waals surface area (Å²) in [5, 5.41) is 11.2. The van der Waals surface area contributed by atoms with Crippen LogP contribution in [0.5, 0.6) is 0 Å². The van der Waals surface area contributed by atoms with E-state index >= 15 is 0 Å². The van der Waals surface area contributed by atoms with Gasteiger partial charge >= 0.3 is 0 Å². The first-order valence-electron chi connectivity index (χ1n) is 7.22. The summed E-state index contributed by atoms with van der Waals surface area (Å²) < 4.78 is 0. The van der Waals surface area contributed by atoms with Crippen molar-refractivity contribution in [2.75, 3.05) is 11.4 Å². The fourth-order valence-electron chi connectivity index (χ4n) is 2.98. The fourth-order valence-corrected chi connectivity index (χ4v) is 2.98. The Bertz CT molecular complexity index is 472. The smallest absolute Gasteiger partial charge is 0.230 e. The van der Waals surface area contributed by atoms with Crippen LogP contribution in [0.1, 0.15) is 32.6 Å². The van der Waals surface area contributed by atoms with E-state index in [4.69, 9.17) is 0 Å². The van der Waals surface area contributed by atoms with Gasteiger partial charge in [0.05, 0.1) is 0 Å². The predicted molar refractivity (Wildman–Crippen MR) is 74.9 cm³/mol. The maximum Gasteiger partial charge on any atom is 0.230 e. The average molecular weight is 274 g/mol. The van der Waals surface area contributed by atoms with E-state index in [0.717, 1.165) is 18.5 Å². The average Bonchev–Trinajstić information content (AvgIpc) is 2.49. The molecule has 0 spiro atoms. The third kappa shape index (κ3) is 3.00. The maximum atomic E-state index is 12.7. The van der Waals surface area contributed by atoms with E-state index in [2.05, 4.69) is 0 Å². The molecule has 4 heteroatoms. The highest BCUT2D eigenvalue weighted by molar-refractivity contribution is 5.97. The van der Waals surface area contributed by atoms with E-state index in [1.807, 2.05) is 37.3 Å². The van der Waals surface area contributed by atoms with Crippen molar-refractivity contribution in [3.05, 3.63) is 30.3 Å². The third-order valence-electron chi connectivity index (χ3n) is 4.04. The Balaban J connectivity index is 2.21. The summed E-state index contributed by atoms with van der Waals surface area (Å²) in [4.78, 5) is 25.6. The lowest BCUT2D eigenvalue weighted by atomic mass is 9.78. The summed E-state index contributed by atoms with van der Waals surface area (Å²) in [7, 11) is 0. The van der Waals surface area contributed by atoms with Gasteiger partial charge in [0.15, 0.2) is 0 Å². The Labute approximate surface area is 119 Å². The summed E-state index contributed by atoms with van der Waals surface area (Å²) in [6, 6.07) is 9.40. The standard InChI is InChI=1S/C16H21NO3/c1-2-17(12-8-4-3-5-9-12)15(18)13-10-6-7-11-14(13)16(19)20/h3-5,8-9,13-14H,2,6-7,10-11H2,1H3,(H,19,20)/p-1/t13-,14-/m0/s1. The molecule has 1 aromatic rings. The molecule has 1 fully saturated rings. The lowest BCUT2D eigenvalue weighted by molar-refractivity contribution is -0.313. The van der Waals surface area contributed by atoms with Gasteiger partial charge in [-0.2, -0.15) is 0 Å². The molecule has 0 bridgehead atoms. The number of benzene rings is 1. The number of rotatable bonds is 4. The molecule has 20 heavy (non-hydrogen) atoms. The monoisotopic (exact) mass is 274 g/mol. The van der Waals surface area contributed by atoms with Crippen molar-refractivity contribution in [3.8, 4) is 0 Å². The number of anilines is 1. The number of carbonyl (C=O) groups is 2. The second-order valence-corrected chi connectivity index (χ2v) is 5.23.